The fraction of sp³-hybridized carbons (Fsp3) is 0.364. The molecule has 9 heteroatoms. The first-order valence-corrected chi connectivity index (χ1v) is 12.0. The molecule has 0 aliphatic heterocycles. The Hall–Kier alpha value is -2.91. The summed E-state index contributed by atoms with van der Waals surface area (Å²) in [6.45, 7) is 4.49. The molecule has 0 atom stereocenters. The lowest BCUT2D eigenvalue weighted by molar-refractivity contribution is 0.240. The van der Waals surface area contributed by atoms with Gasteiger partial charge in [0.25, 0.3) is 0 Å². The number of carbonyl (C=O) groups is 1. The van der Waals surface area contributed by atoms with Crippen molar-refractivity contribution in [2.75, 3.05) is 6.54 Å². The Morgan fingerprint density at radius 2 is 1.74 bits per heavy atom. The number of carbonyl (C=O) groups excluding carboxylic acids is 1. The molecular weight excluding hydrogens is 414 g/mol. The second-order valence-corrected chi connectivity index (χ2v) is 9.52. The van der Waals surface area contributed by atoms with Gasteiger partial charge in [-0.25, -0.2) is 22.9 Å². The Labute approximate surface area is 182 Å². The van der Waals surface area contributed by atoms with Crippen LogP contribution in [0.1, 0.15) is 37.2 Å². The fourth-order valence-electron chi connectivity index (χ4n) is 3.20. The highest BCUT2D eigenvalue weighted by Gasteiger charge is 2.12. The number of fused-ring (bicyclic) bond motifs is 1. The minimum absolute atomic E-state index is 0.0649. The zero-order valence-corrected chi connectivity index (χ0v) is 18.6. The van der Waals surface area contributed by atoms with E-state index in [9.17, 15) is 13.2 Å². The van der Waals surface area contributed by atoms with Gasteiger partial charge in [-0.2, -0.15) is 0 Å². The van der Waals surface area contributed by atoms with Crippen LogP contribution in [0.25, 0.3) is 11.0 Å². The number of nitrogens with zero attached hydrogens (tertiary/aromatic N) is 1. The van der Waals surface area contributed by atoms with E-state index in [0.29, 0.717) is 18.7 Å². The van der Waals surface area contributed by atoms with Gasteiger partial charge in [-0.15, -0.1) is 0 Å². The molecule has 1 aromatic heterocycles. The van der Waals surface area contributed by atoms with Crippen LogP contribution in [0.4, 0.5) is 4.79 Å². The van der Waals surface area contributed by atoms with E-state index in [1.165, 1.54) is 0 Å². The molecule has 0 unspecified atom stereocenters. The molecule has 2 amide bonds. The maximum atomic E-state index is 12.0. The van der Waals surface area contributed by atoms with Crippen LogP contribution in [0.5, 0.6) is 0 Å². The zero-order chi connectivity index (χ0) is 22.3. The number of nitrogens with one attached hydrogen (secondary N) is 4. The number of para-hydroxylation sites is 2. The van der Waals surface area contributed by atoms with Crippen molar-refractivity contribution in [3.05, 3.63) is 65.5 Å². The Morgan fingerprint density at radius 3 is 2.45 bits per heavy atom. The van der Waals surface area contributed by atoms with E-state index in [1.807, 2.05) is 36.4 Å². The Morgan fingerprint density at radius 1 is 1.03 bits per heavy atom. The molecule has 8 nitrogen and oxygen atoms in total. The van der Waals surface area contributed by atoms with Crippen molar-refractivity contribution in [1.29, 1.82) is 0 Å². The van der Waals surface area contributed by atoms with Crippen LogP contribution >= 0.6 is 0 Å². The summed E-state index contributed by atoms with van der Waals surface area (Å²) in [5.74, 6) is 0.846. The monoisotopic (exact) mass is 443 g/mol. The van der Waals surface area contributed by atoms with E-state index < -0.39 is 10.0 Å². The number of rotatable bonds is 10. The Balaban J connectivity index is 1.36. The molecule has 0 spiro atoms. The van der Waals surface area contributed by atoms with E-state index in [4.69, 9.17) is 0 Å². The summed E-state index contributed by atoms with van der Waals surface area (Å²) in [5.41, 5.74) is 3.56. The molecule has 0 bridgehead atoms. The average molecular weight is 444 g/mol. The van der Waals surface area contributed by atoms with Crippen LogP contribution in [0.3, 0.4) is 0 Å². The highest BCUT2D eigenvalue weighted by molar-refractivity contribution is 7.88. The highest BCUT2D eigenvalue weighted by Crippen LogP contribution is 2.11. The number of sulfonamides is 1. The molecule has 3 aromatic rings. The van der Waals surface area contributed by atoms with Gasteiger partial charge in [-0.1, -0.05) is 36.4 Å². The van der Waals surface area contributed by atoms with Crippen LogP contribution in [-0.2, 0) is 28.7 Å². The molecule has 3 rings (SSSR count). The third-order valence-electron chi connectivity index (χ3n) is 4.56. The summed E-state index contributed by atoms with van der Waals surface area (Å²) >= 11 is 0. The van der Waals surface area contributed by atoms with E-state index in [1.54, 1.807) is 26.0 Å². The van der Waals surface area contributed by atoms with Gasteiger partial charge in [0, 0.05) is 25.6 Å². The average Bonchev–Trinajstić information content (AvgIpc) is 3.12. The minimum atomic E-state index is -3.35. The number of hydrogen-bond donors (Lipinski definition) is 4. The van der Waals surface area contributed by atoms with Crippen molar-refractivity contribution < 1.29 is 13.2 Å². The molecule has 0 saturated carbocycles. The van der Waals surface area contributed by atoms with Gasteiger partial charge in [0.1, 0.15) is 5.82 Å². The van der Waals surface area contributed by atoms with Crippen molar-refractivity contribution in [2.24, 2.45) is 0 Å². The normalized spacial score (nSPS) is 11.7. The van der Waals surface area contributed by atoms with Crippen LogP contribution in [0.15, 0.2) is 48.5 Å². The van der Waals surface area contributed by atoms with E-state index in [2.05, 4.69) is 25.3 Å². The van der Waals surface area contributed by atoms with E-state index in [0.717, 1.165) is 35.3 Å². The van der Waals surface area contributed by atoms with E-state index >= 15 is 0 Å². The first-order valence-electron chi connectivity index (χ1n) is 10.3. The highest BCUT2D eigenvalue weighted by atomic mass is 32.2. The molecule has 166 valence electrons. The summed E-state index contributed by atoms with van der Waals surface area (Å²) in [6, 6.07) is 14.7. The molecule has 4 N–H and O–H groups in total. The summed E-state index contributed by atoms with van der Waals surface area (Å²) in [5, 5.41) is 5.65. The fourth-order valence-corrected chi connectivity index (χ4v) is 4.63. The Bertz CT molecular complexity index is 1070. The lowest BCUT2D eigenvalue weighted by Crippen LogP contribution is -2.35. The lowest BCUT2D eigenvalue weighted by Gasteiger charge is -2.10. The Kier molecular flexibility index (Phi) is 7.64. The predicted octanol–water partition coefficient (Wildman–Crippen LogP) is 2.82. The molecule has 0 aliphatic rings. The standard InChI is InChI=1S/C22H29N5O3S/c1-16(2)27-31(29,30)15-18-11-9-17(10-12-18)14-24-22(28)23-13-5-8-21-25-19-6-3-4-7-20(19)26-21/h3-4,6-7,9-12,16,27H,5,8,13-15H2,1-2H3,(H,25,26)(H2,23,24,28). The second kappa shape index (κ2) is 10.4. The first kappa shape index (κ1) is 22.8. The maximum absolute atomic E-state index is 12.0. The number of aryl methyl sites for hydroxylation is 1. The van der Waals surface area contributed by atoms with Gasteiger partial charge in [0.15, 0.2) is 0 Å². The number of amides is 2. The van der Waals surface area contributed by atoms with Gasteiger partial charge in [0.05, 0.1) is 16.8 Å². The summed E-state index contributed by atoms with van der Waals surface area (Å²) < 4.78 is 26.5. The number of H-pyrrole nitrogens is 1. The molecule has 1 heterocycles. The van der Waals surface area contributed by atoms with Gasteiger partial charge >= 0.3 is 6.03 Å². The SMILES string of the molecule is CC(C)NS(=O)(=O)Cc1ccc(CNC(=O)NCCCc2nc3ccccc3[nH]2)cc1. The molecule has 0 aliphatic carbocycles. The van der Waals surface area contributed by atoms with Gasteiger partial charge in [0.2, 0.25) is 10.0 Å². The van der Waals surface area contributed by atoms with Crippen molar-refractivity contribution in [2.45, 2.75) is 45.0 Å². The topological polar surface area (TPSA) is 116 Å². The minimum Gasteiger partial charge on any atom is -0.342 e. The number of imidazole rings is 1. The third-order valence-corrected chi connectivity index (χ3v) is 6.11. The largest absolute Gasteiger partial charge is 0.342 e. The number of hydrogen-bond acceptors (Lipinski definition) is 4. The number of aromatic amines is 1. The quantitative estimate of drug-likeness (QED) is 0.361. The predicted molar refractivity (Wildman–Crippen MR) is 122 cm³/mol. The lowest BCUT2D eigenvalue weighted by atomic mass is 10.1. The molecular formula is C22H29N5O3S. The van der Waals surface area contributed by atoms with Crippen molar-refractivity contribution >= 4 is 27.1 Å². The van der Waals surface area contributed by atoms with Gasteiger partial charge in [-0.05, 0) is 43.5 Å². The van der Waals surface area contributed by atoms with Crippen molar-refractivity contribution in [3.8, 4) is 0 Å². The maximum Gasteiger partial charge on any atom is 0.315 e. The van der Waals surface area contributed by atoms with Gasteiger partial charge < -0.3 is 15.6 Å². The van der Waals surface area contributed by atoms with Crippen LogP contribution in [0.2, 0.25) is 0 Å². The van der Waals surface area contributed by atoms with Crippen molar-refractivity contribution in [1.82, 2.24) is 25.3 Å². The molecule has 0 saturated heterocycles. The summed E-state index contributed by atoms with van der Waals surface area (Å²) in [6.07, 6.45) is 1.53. The summed E-state index contributed by atoms with van der Waals surface area (Å²) in [4.78, 5) is 19.8. The third kappa shape index (κ3) is 7.37. The number of benzene rings is 2. The smallest absolute Gasteiger partial charge is 0.315 e. The molecule has 0 radical (unpaired) electrons. The van der Waals surface area contributed by atoms with E-state index in [-0.39, 0.29) is 17.8 Å². The number of urea groups is 1. The second-order valence-electron chi connectivity index (χ2n) is 7.76. The van der Waals surface area contributed by atoms with Crippen LogP contribution in [-0.4, -0.2) is 37.0 Å². The zero-order valence-electron chi connectivity index (χ0n) is 17.8. The number of aromatic nitrogens is 2. The molecule has 2 aromatic carbocycles. The first-order chi connectivity index (χ1) is 14.8. The van der Waals surface area contributed by atoms with Crippen LogP contribution < -0.4 is 15.4 Å². The van der Waals surface area contributed by atoms with Gasteiger partial charge in [-0.3, -0.25) is 0 Å². The van der Waals surface area contributed by atoms with Crippen LogP contribution in [0, 0.1) is 0 Å². The summed E-state index contributed by atoms with van der Waals surface area (Å²) in [7, 11) is -3.35. The van der Waals surface area contributed by atoms with Crippen molar-refractivity contribution in [3.63, 3.8) is 0 Å². The molecule has 0 fully saturated rings. The molecule has 31 heavy (non-hydrogen) atoms.